The maximum absolute atomic E-state index is 12.3. The van der Waals surface area contributed by atoms with Crippen molar-refractivity contribution < 1.29 is 13.0 Å². The first-order chi connectivity index (χ1) is 7.10. The molecule has 92 valence electrons. The highest BCUT2D eigenvalue weighted by atomic mass is 31.2. The van der Waals surface area contributed by atoms with Gasteiger partial charge >= 0.3 is 7.60 Å². The Morgan fingerprint density at radius 3 is 1.44 bits per heavy atom. The van der Waals surface area contributed by atoms with Crippen molar-refractivity contribution >= 4 is 24.2 Å². The Balaban J connectivity index is 4.95. The maximum atomic E-state index is 12.3. The molecule has 0 aromatic rings. The summed E-state index contributed by atoms with van der Waals surface area (Å²) in [6.45, 7) is 18.5. The average Bonchev–Trinajstić information content (AvgIpc) is 2.16. The van der Waals surface area contributed by atoms with Gasteiger partial charge in [0, 0.05) is 5.82 Å². The molecule has 0 saturated heterocycles. The van der Waals surface area contributed by atoms with Crippen molar-refractivity contribution in [2.75, 3.05) is 0 Å². The predicted molar refractivity (Wildman–Crippen MR) is 75.3 cm³/mol. The smallest absolute Gasteiger partial charge is 0.334 e. The lowest BCUT2D eigenvalue weighted by molar-refractivity contribution is 0.398. The van der Waals surface area contributed by atoms with Crippen molar-refractivity contribution in [1.29, 1.82) is 0 Å². The number of hydrogen-bond donors (Lipinski definition) is 0. The van der Waals surface area contributed by atoms with E-state index in [1.54, 1.807) is 11.4 Å². The topological polar surface area (TPSA) is 35.5 Å². The first-order valence-corrected chi connectivity index (χ1v) is 12.6. The summed E-state index contributed by atoms with van der Waals surface area (Å²) in [5.74, 6) is 1.27. The van der Waals surface area contributed by atoms with Crippen molar-refractivity contribution in [3.63, 3.8) is 0 Å². The highest BCUT2D eigenvalue weighted by Crippen LogP contribution is 2.54. The van der Waals surface area contributed by atoms with Gasteiger partial charge in [0.15, 0.2) is 0 Å². The van der Waals surface area contributed by atoms with Crippen molar-refractivity contribution in [2.24, 2.45) is 0 Å². The molecule has 0 radical (unpaired) electrons. The van der Waals surface area contributed by atoms with Crippen LogP contribution in [0.4, 0.5) is 0 Å². The van der Waals surface area contributed by atoms with E-state index in [-0.39, 0.29) is 0 Å². The lowest BCUT2D eigenvalue weighted by Gasteiger charge is -2.29. The van der Waals surface area contributed by atoms with Crippen molar-refractivity contribution in [3.8, 4) is 0 Å². The van der Waals surface area contributed by atoms with Crippen LogP contribution in [0.3, 0.4) is 0 Å². The van der Waals surface area contributed by atoms with Gasteiger partial charge in [-0.25, -0.2) is 0 Å². The van der Waals surface area contributed by atoms with Crippen LogP contribution in [0.15, 0.2) is 37.0 Å². The first-order valence-electron chi connectivity index (χ1n) is 5.02. The van der Waals surface area contributed by atoms with Gasteiger partial charge in [-0.05, 0) is 26.2 Å². The third-order valence-electron chi connectivity index (χ3n) is 1.93. The molecule has 0 aliphatic rings. The van der Waals surface area contributed by atoms with Gasteiger partial charge in [-0.3, -0.25) is 4.57 Å². The summed E-state index contributed by atoms with van der Waals surface area (Å²) >= 11 is 0. The molecule has 0 amide bonds. The summed E-state index contributed by atoms with van der Waals surface area (Å²) in [7, 11) is -7.54. The van der Waals surface area contributed by atoms with E-state index in [0.29, 0.717) is 0 Å². The van der Waals surface area contributed by atoms with Crippen molar-refractivity contribution in [3.05, 3.63) is 37.0 Å². The van der Waals surface area contributed by atoms with E-state index in [1.807, 2.05) is 26.2 Å². The Bertz CT molecular complexity index is 311. The fourth-order valence-electron chi connectivity index (χ4n) is 0.824. The fraction of sp³-hybridized carbons (Fsp3) is 0.400. The minimum absolute atomic E-state index is 1.27. The predicted octanol–water partition coefficient (Wildman–Crippen LogP) is 4.22. The molecule has 0 heterocycles. The largest absolute Gasteiger partial charge is 0.344 e. The van der Waals surface area contributed by atoms with Crippen LogP contribution in [-0.4, -0.2) is 16.6 Å². The van der Waals surface area contributed by atoms with Gasteiger partial charge < -0.3 is 8.43 Å². The van der Waals surface area contributed by atoms with E-state index in [9.17, 15) is 4.57 Å². The van der Waals surface area contributed by atoms with Crippen molar-refractivity contribution in [2.45, 2.75) is 26.2 Å². The highest BCUT2D eigenvalue weighted by molar-refractivity contribution is 7.60. The normalized spacial score (nSPS) is 13.2. The molecule has 0 unspecified atom stereocenters. The Labute approximate surface area is 101 Å². The molecule has 0 aromatic heterocycles. The van der Waals surface area contributed by atoms with Crippen LogP contribution >= 0.6 is 7.60 Å². The number of rotatable bonds is 7. The maximum Gasteiger partial charge on any atom is 0.334 e. The standard InChI is InChI=1S/C10H21O3PSi2/c1-8-14(11,12-15(4,5)9-2)13-16(6,7)10-3/h8-10H,1-3H2,4-7H3. The molecule has 0 N–H and O–H groups in total. The van der Waals surface area contributed by atoms with E-state index in [0.717, 1.165) is 0 Å². The Morgan fingerprint density at radius 1 is 0.938 bits per heavy atom. The molecule has 0 fully saturated rings. The van der Waals surface area contributed by atoms with E-state index < -0.39 is 24.2 Å². The second-order valence-corrected chi connectivity index (χ2v) is 14.7. The van der Waals surface area contributed by atoms with Gasteiger partial charge in [-0.2, -0.15) is 0 Å². The van der Waals surface area contributed by atoms with E-state index in [4.69, 9.17) is 8.43 Å². The molecule has 0 aliphatic carbocycles. The van der Waals surface area contributed by atoms with Crippen LogP contribution in [0.2, 0.25) is 26.2 Å². The number of hydrogen-bond acceptors (Lipinski definition) is 3. The summed E-state index contributed by atoms with van der Waals surface area (Å²) in [5, 5.41) is 0. The first kappa shape index (κ1) is 15.8. The van der Waals surface area contributed by atoms with Gasteiger partial charge in [0.05, 0.1) is 0 Å². The lowest BCUT2D eigenvalue weighted by atomic mass is 11.3. The van der Waals surface area contributed by atoms with E-state index in [2.05, 4.69) is 19.7 Å². The van der Waals surface area contributed by atoms with Crippen LogP contribution < -0.4 is 0 Å². The van der Waals surface area contributed by atoms with E-state index >= 15 is 0 Å². The Morgan fingerprint density at radius 2 is 1.25 bits per heavy atom. The average molecular weight is 276 g/mol. The quantitative estimate of drug-likeness (QED) is 0.516. The second kappa shape index (κ2) is 5.42. The Kier molecular flexibility index (Phi) is 5.36. The lowest BCUT2D eigenvalue weighted by Crippen LogP contribution is -2.31. The van der Waals surface area contributed by atoms with Gasteiger partial charge in [-0.1, -0.05) is 18.0 Å². The third kappa shape index (κ3) is 5.23. The van der Waals surface area contributed by atoms with Crippen molar-refractivity contribution in [1.82, 2.24) is 0 Å². The molecule has 0 atom stereocenters. The molecular weight excluding hydrogens is 255 g/mol. The van der Waals surface area contributed by atoms with Crippen LogP contribution in [-0.2, 0) is 13.0 Å². The van der Waals surface area contributed by atoms with Gasteiger partial charge in [-0.15, -0.1) is 13.2 Å². The molecule has 0 bridgehead atoms. The van der Waals surface area contributed by atoms with Crippen LogP contribution in [0, 0.1) is 0 Å². The minimum atomic E-state index is -3.23. The Hall–Kier alpha value is -0.196. The van der Waals surface area contributed by atoms with Crippen LogP contribution in [0.5, 0.6) is 0 Å². The van der Waals surface area contributed by atoms with E-state index in [1.165, 1.54) is 5.82 Å². The molecular formula is C10H21O3PSi2. The zero-order chi connectivity index (χ0) is 13.0. The summed E-state index contributed by atoms with van der Waals surface area (Å²) in [6, 6.07) is 0. The summed E-state index contributed by atoms with van der Waals surface area (Å²) < 4.78 is 23.5. The highest BCUT2D eigenvalue weighted by Gasteiger charge is 2.35. The molecule has 0 rings (SSSR count). The summed E-state index contributed by atoms with van der Waals surface area (Å²) in [6.07, 6.45) is 0. The van der Waals surface area contributed by atoms with Crippen LogP contribution in [0.25, 0.3) is 0 Å². The van der Waals surface area contributed by atoms with Gasteiger partial charge in [0.1, 0.15) is 0 Å². The summed E-state index contributed by atoms with van der Waals surface area (Å²) in [5.41, 5.74) is 3.43. The van der Waals surface area contributed by atoms with Gasteiger partial charge in [0.2, 0.25) is 16.6 Å². The zero-order valence-corrected chi connectivity index (χ0v) is 13.4. The monoisotopic (exact) mass is 276 g/mol. The molecule has 0 aliphatic heterocycles. The molecule has 0 saturated carbocycles. The minimum Gasteiger partial charge on any atom is -0.344 e. The SMILES string of the molecule is C=C[Si](C)(C)OP(=O)(C=C)O[Si](C)(C)C=C. The molecule has 6 heteroatoms. The second-order valence-electron chi connectivity index (χ2n) is 4.52. The third-order valence-corrected chi connectivity index (χ3v) is 10.1. The molecule has 0 spiro atoms. The fourth-order valence-corrected chi connectivity index (χ4v) is 7.75. The zero-order valence-electron chi connectivity index (χ0n) is 10.5. The molecule has 16 heavy (non-hydrogen) atoms. The van der Waals surface area contributed by atoms with Crippen LogP contribution in [0.1, 0.15) is 0 Å². The molecule has 0 aromatic carbocycles. The molecule has 3 nitrogen and oxygen atoms in total. The summed E-state index contributed by atoms with van der Waals surface area (Å²) in [4.78, 5) is 0. The van der Waals surface area contributed by atoms with Gasteiger partial charge in [0.25, 0.3) is 0 Å².